The molecular weight excluding hydrogens is 268 g/mol. The van der Waals surface area contributed by atoms with Crippen molar-refractivity contribution in [3.8, 4) is 0 Å². The van der Waals surface area contributed by atoms with Crippen molar-refractivity contribution >= 4 is 5.91 Å². The first-order valence-electron chi connectivity index (χ1n) is 7.02. The highest BCUT2D eigenvalue weighted by Crippen LogP contribution is 2.23. The molecule has 1 aromatic heterocycles. The molecule has 1 aliphatic rings. The number of amides is 1. The van der Waals surface area contributed by atoms with Gasteiger partial charge in [0.25, 0.3) is 5.91 Å². The fraction of sp³-hybridized carbons (Fsp3) is 0.312. The van der Waals surface area contributed by atoms with E-state index in [1.165, 1.54) is 0 Å². The molecule has 2 heterocycles. The summed E-state index contributed by atoms with van der Waals surface area (Å²) < 4.78 is 11.2. The zero-order valence-corrected chi connectivity index (χ0v) is 11.7. The molecule has 5 nitrogen and oxygen atoms in total. The molecule has 1 aromatic carbocycles. The average molecular weight is 286 g/mol. The van der Waals surface area contributed by atoms with Crippen molar-refractivity contribution in [2.45, 2.75) is 12.6 Å². The zero-order valence-electron chi connectivity index (χ0n) is 11.7. The van der Waals surface area contributed by atoms with Gasteiger partial charge in [0.05, 0.1) is 19.7 Å². The number of hydrogen-bond donors (Lipinski definition) is 1. The van der Waals surface area contributed by atoms with Crippen LogP contribution in [0.25, 0.3) is 0 Å². The largest absolute Gasteiger partial charge is 0.455 e. The zero-order chi connectivity index (χ0) is 14.7. The number of hydrogen-bond acceptors (Lipinski definition) is 4. The van der Waals surface area contributed by atoms with Gasteiger partial charge in [0.15, 0.2) is 5.76 Å². The quantitative estimate of drug-likeness (QED) is 0.936. The Hall–Kier alpha value is -2.11. The van der Waals surface area contributed by atoms with Gasteiger partial charge in [-0.2, -0.15) is 0 Å². The van der Waals surface area contributed by atoms with Crippen LogP contribution in [0.5, 0.6) is 0 Å². The molecule has 5 heteroatoms. The van der Waals surface area contributed by atoms with E-state index in [-0.39, 0.29) is 12.0 Å². The Balaban J connectivity index is 1.72. The summed E-state index contributed by atoms with van der Waals surface area (Å²) in [5.74, 6) is 0.842. The van der Waals surface area contributed by atoms with Gasteiger partial charge in [-0.25, -0.2) is 0 Å². The number of carbonyl (C=O) groups excluding carboxylic acids is 1. The molecule has 0 bridgehead atoms. The van der Waals surface area contributed by atoms with Crippen molar-refractivity contribution in [3.63, 3.8) is 0 Å². The summed E-state index contributed by atoms with van der Waals surface area (Å²) in [6.45, 7) is 1.92. The maximum absolute atomic E-state index is 12.4. The van der Waals surface area contributed by atoms with Gasteiger partial charge in [-0.05, 0) is 17.7 Å². The first-order chi connectivity index (χ1) is 10.3. The highest BCUT2D eigenvalue weighted by Gasteiger charge is 2.27. The van der Waals surface area contributed by atoms with E-state index in [4.69, 9.17) is 14.9 Å². The molecule has 0 saturated carbocycles. The molecule has 1 atom stereocenters. The van der Waals surface area contributed by atoms with Crippen LogP contribution < -0.4 is 5.73 Å². The van der Waals surface area contributed by atoms with Gasteiger partial charge < -0.3 is 19.8 Å². The summed E-state index contributed by atoms with van der Waals surface area (Å²) in [6.07, 6.45) is -0.0900. The van der Waals surface area contributed by atoms with Crippen LogP contribution in [0.1, 0.15) is 28.0 Å². The number of ether oxygens (including phenoxy) is 1. The molecule has 3 rings (SSSR count). The van der Waals surface area contributed by atoms with Crippen molar-refractivity contribution in [2.24, 2.45) is 5.73 Å². The van der Waals surface area contributed by atoms with E-state index in [1.807, 2.05) is 30.3 Å². The van der Waals surface area contributed by atoms with Crippen LogP contribution in [0.4, 0.5) is 0 Å². The van der Waals surface area contributed by atoms with Crippen molar-refractivity contribution in [1.82, 2.24) is 4.90 Å². The van der Waals surface area contributed by atoms with Crippen LogP contribution in [-0.2, 0) is 11.3 Å². The summed E-state index contributed by atoms with van der Waals surface area (Å²) in [6, 6.07) is 13.3. The molecule has 1 aliphatic heterocycles. The van der Waals surface area contributed by atoms with Crippen LogP contribution >= 0.6 is 0 Å². The Morgan fingerprint density at radius 2 is 2.05 bits per heavy atom. The van der Waals surface area contributed by atoms with E-state index in [1.54, 1.807) is 17.0 Å². The summed E-state index contributed by atoms with van der Waals surface area (Å²) >= 11 is 0. The molecule has 110 valence electrons. The van der Waals surface area contributed by atoms with Crippen LogP contribution in [-0.4, -0.2) is 30.5 Å². The second-order valence-corrected chi connectivity index (χ2v) is 4.99. The summed E-state index contributed by atoms with van der Waals surface area (Å²) in [5, 5.41) is 0. The lowest BCUT2D eigenvalue weighted by atomic mass is 10.1. The Morgan fingerprint density at radius 1 is 1.24 bits per heavy atom. The Bertz CT molecular complexity index is 609. The Labute approximate surface area is 123 Å². The van der Waals surface area contributed by atoms with E-state index in [0.29, 0.717) is 37.8 Å². The lowest BCUT2D eigenvalue weighted by Gasteiger charge is -2.32. The molecule has 2 N–H and O–H groups in total. The maximum atomic E-state index is 12.4. The third-order valence-corrected chi connectivity index (χ3v) is 3.60. The normalized spacial score (nSPS) is 18.7. The third kappa shape index (κ3) is 2.99. The summed E-state index contributed by atoms with van der Waals surface area (Å²) in [4.78, 5) is 14.2. The van der Waals surface area contributed by atoms with Crippen LogP contribution in [0.3, 0.4) is 0 Å². The molecule has 0 aliphatic carbocycles. The van der Waals surface area contributed by atoms with Gasteiger partial charge in [-0.3, -0.25) is 4.79 Å². The first kappa shape index (κ1) is 13.9. The van der Waals surface area contributed by atoms with Crippen molar-refractivity contribution in [3.05, 3.63) is 59.5 Å². The second-order valence-electron chi connectivity index (χ2n) is 4.99. The minimum atomic E-state index is -0.112. The van der Waals surface area contributed by atoms with E-state index in [9.17, 15) is 4.79 Å². The highest BCUT2D eigenvalue weighted by molar-refractivity contribution is 5.91. The number of nitrogens with two attached hydrogens (primary N) is 1. The van der Waals surface area contributed by atoms with Crippen LogP contribution in [0.15, 0.2) is 46.9 Å². The Morgan fingerprint density at radius 3 is 2.76 bits per heavy atom. The molecule has 1 saturated heterocycles. The molecule has 21 heavy (non-hydrogen) atoms. The van der Waals surface area contributed by atoms with Crippen LogP contribution in [0, 0.1) is 0 Å². The SMILES string of the molecule is NCc1ccc(C(=O)N2CCOC(c3ccccc3)C2)o1. The van der Waals surface area contributed by atoms with E-state index >= 15 is 0 Å². The number of rotatable bonds is 3. The lowest BCUT2D eigenvalue weighted by molar-refractivity contribution is -0.0238. The lowest BCUT2D eigenvalue weighted by Crippen LogP contribution is -2.42. The minimum absolute atomic E-state index is 0.0900. The molecular formula is C16H18N2O3. The first-order valence-corrected chi connectivity index (χ1v) is 7.02. The van der Waals surface area contributed by atoms with Crippen LogP contribution in [0.2, 0.25) is 0 Å². The number of morpholine rings is 1. The van der Waals surface area contributed by atoms with Gasteiger partial charge >= 0.3 is 0 Å². The predicted molar refractivity (Wildman–Crippen MR) is 77.6 cm³/mol. The highest BCUT2D eigenvalue weighted by atomic mass is 16.5. The monoisotopic (exact) mass is 286 g/mol. The van der Waals surface area contributed by atoms with E-state index in [2.05, 4.69) is 0 Å². The van der Waals surface area contributed by atoms with E-state index in [0.717, 1.165) is 5.56 Å². The van der Waals surface area contributed by atoms with Gasteiger partial charge in [-0.1, -0.05) is 30.3 Å². The smallest absolute Gasteiger partial charge is 0.289 e. The molecule has 1 unspecified atom stereocenters. The van der Waals surface area contributed by atoms with Gasteiger partial charge in [0.2, 0.25) is 0 Å². The second kappa shape index (κ2) is 6.11. The Kier molecular flexibility index (Phi) is 4.03. The van der Waals surface area contributed by atoms with Crippen molar-refractivity contribution < 1.29 is 13.9 Å². The number of nitrogens with zero attached hydrogens (tertiary/aromatic N) is 1. The van der Waals surface area contributed by atoms with Gasteiger partial charge in [-0.15, -0.1) is 0 Å². The molecule has 2 aromatic rings. The standard InChI is InChI=1S/C16H18N2O3/c17-10-13-6-7-14(21-13)16(19)18-8-9-20-15(11-18)12-4-2-1-3-5-12/h1-7,15H,8-11,17H2. The fourth-order valence-electron chi connectivity index (χ4n) is 2.46. The van der Waals surface area contributed by atoms with Crippen molar-refractivity contribution in [1.29, 1.82) is 0 Å². The fourth-order valence-corrected chi connectivity index (χ4v) is 2.46. The number of benzene rings is 1. The molecule has 0 radical (unpaired) electrons. The number of furan rings is 1. The summed E-state index contributed by atoms with van der Waals surface area (Å²) in [5.41, 5.74) is 6.58. The summed E-state index contributed by atoms with van der Waals surface area (Å²) in [7, 11) is 0. The third-order valence-electron chi connectivity index (χ3n) is 3.60. The number of carbonyl (C=O) groups is 1. The minimum Gasteiger partial charge on any atom is -0.455 e. The molecule has 1 fully saturated rings. The average Bonchev–Trinajstić information content (AvgIpc) is 3.04. The maximum Gasteiger partial charge on any atom is 0.289 e. The van der Waals surface area contributed by atoms with Gasteiger partial charge in [0, 0.05) is 6.54 Å². The predicted octanol–water partition coefficient (Wildman–Crippen LogP) is 1.95. The van der Waals surface area contributed by atoms with E-state index < -0.39 is 0 Å². The topological polar surface area (TPSA) is 68.7 Å². The molecule has 0 spiro atoms. The molecule has 1 amide bonds. The van der Waals surface area contributed by atoms with Gasteiger partial charge in [0.1, 0.15) is 11.9 Å². The van der Waals surface area contributed by atoms with Crippen molar-refractivity contribution in [2.75, 3.05) is 19.7 Å².